The molecule has 1 saturated heterocycles. The Balaban J connectivity index is 2.36. The van der Waals surface area contributed by atoms with Gasteiger partial charge < -0.3 is 40.1 Å². The molecule has 10 heteroatoms. The molecule has 0 amide bonds. The molecule has 0 unspecified atom stereocenters. The van der Waals surface area contributed by atoms with Crippen molar-refractivity contribution in [1.29, 1.82) is 0 Å². The van der Waals surface area contributed by atoms with Crippen molar-refractivity contribution in [1.82, 2.24) is 4.98 Å². The van der Waals surface area contributed by atoms with Gasteiger partial charge in [-0.25, -0.2) is 4.98 Å². The largest absolute Gasteiger partial charge is 0.460 e. The number of pyridine rings is 1. The first kappa shape index (κ1) is 18.9. The molecule has 0 saturated carbocycles. The molecule has 24 heavy (non-hydrogen) atoms. The number of aliphatic hydroxyl groups excluding tert-OH is 6. The van der Waals surface area contributed by atoms with E-state index in [9.17, 15) is 29.9 Å². The fourth-order valence-corrected chi connectivity index (χ4v) is 2.51. The lowest BCUT2D eigenvalue weighted by Gasteiger charge is -2.39. The van der Waals surface area contributed by atoms with Crippen molar-refractivity contribution in [3.63, 3.8) is 0 Å². The Hall–Kier alpha value is -1.40. The lowest BCUT2D eigenvalue weighted by atomic mass is 9.99. The van der Waals surface area contributed by atoms with E-state index < -0.39 is 56.5 Å². The summed E-state index contributed by atoms with van der Waals surface area (Å²) in [7, 11) is 0. The van der Waals surface area contributed by atoms with Gasteiger partial charge in [0.1, 0.15) is 30.2 Å². The van der Waals surface area contributed by atoms with Gasteiger partial charge in [0.05, 0.1) is 25.5 Å². The minimum atomic E-state index is -1.67. The summed E-state index contributed by atoms with van der Waals surface area (Å²) in [6, 6.07) is 0. The van der Waals surface area contributed by atoms with Crippen LogP contribution in [0.3, 0.4) is 0 Å². The number of ether oxygens (including phenoxy) is 2. The van der Waals surface area contributed by atoms with Gasteiger partial charge in [-0.05, 0) is 6.92 Å². The zero-order valence-corrected chi connectivity index (χ0v) is 12.8. The van der Waals surface area contributed by atoms with Crippen molar-refractivity contribution < 1.29 is 44.5 Å². The van der Waals surface area contributed by atoms with Crippen molar-refractivity contribution >= 4 is 0 Å². The van der Waals surface area contributed by atoms with Gasteiger partial charge in [-0.15, -0.1) is 0 Å². The molecule has 0 radical (unpaired) electrons. The lowest BCUT2D eigenvalue weighted by molar-refractivity contribution is -0.277. The van der Waals surface area contributed by atoms with Crippen LogP contribution in [0.5, 0.6) is 5.75 Å². The Kier molecular flexibility index (Phi) is 6.04. The predicted octanol–water partition coefficient (Wildman–Crippen LogP) is -2.31. The highest BCUT2D eigenvalue weighted by Crippen LogP contribution is 2.31. The highest BCUT2D eigenvalue weighted by Gasteiger charge is 2.45. The molecule has 0 aliphatic carbocycles. The second kappa shape index (κ2) is 7.66. The second-order valence-electron chi connectivity index (χ2n) is 5.41. The lowest BCUT2D eigenvalue weighted by Crippen LogP contribution is -2.60. The Morgan fingerprint density at radius 2 is 1.67 bits per heavy atom. The number of nitrogens with zero attached hydrogens (tertiary/aromatic N) is 1. The van der Waals surface area contributed by atoms with E-state index >= 15 is 0 Å². The first-order valence-corrected chi connectivity index (χ1v) is 7.22. The van der Waals surface area contributed by atoms with Gasteiger partial charge in [0.2, 0.25) is 12.2 Å². The van der Waals surface area contributed by atoms with Crippen molar-refractivity contribution in [3.8, 4) is 5.75 Å². The highest BCUT2D eigenvalue weighted by molar-refractivity contribution is 5.42. The number of hydrogen-bond acceptors (Lipinski definition) is 9. The first-order valence-electron chi connectivity index (χ1n) is 7.22. The predicted molar refractivity (Wildman–Crippen MR) is 75.2 cm³/mol. The van der Waals surface area contributed by atoms with Crippen molar-refractivity contribution in [2.45, 2.75) is 50.8 Å². The second-order valence-corrected chi connectivity index (χ2v) is 5.41. The van der Waals surface area contributed by atoms with Crippen LogP contribution in [0.2, 0.25) is 0 Å². The standard InChI is InChI=1S/C14H20FNO8/c1-5-12(6(2-17)7(3-18)13(15)16-5)24-14-11(22)10(21)9(20)8(4-19)23-14/h8-11,14,17-22H,2-4H2,1H3/t8-,9+,10+,11-,14+/m1/s1. The summed E-state index contributed by atoms with van der Waals surface area (Å²) in [5, 5.41) is 57.3. The van der Waals surface area contributed by atoms with E-state index in [1.54, 1.807) is 0 Å². The van der Waals surface area contributed by atoms with E-state index in [-0.39, 0.29) is 22.6 Å². The normalized spacial score (nSPS) is 30.4. The number of aryl methyl sites for hydroxylation is 1. The van der Waals surface area contributed by atoms with Crippen LogP contribution in [-0.4, -0.2) is 72.9 Å². The molecule has 0 bridgehead atoms. The maximum absolute atomic E-state index is 13.7. The Morgan fingerprint density at radius 3 is 2.21 bits per heavy atom. The monoisotopic (exact) mass is 349 g/mol. The third-order valence-corrected chi connectivity index (χ3v) is 3.88. The van der Waals surface area contributed by atoms with E-state index in [0.717, 1.165) is 0 Å². The van der Waals surface area contributed by atoms with Crippen LogP contribution < -0.4 is 4.74 Å². The van der Waals surface area contributed by atoms with Crippen LogP contribution >= 0.6 is 0 Å². The van der Waals surface area contributed by atoms with Crippen LogP contribution in [0.1, 0.15) is 16.8 Å². The zero-order valence-electron chi connectivity index (χ0n) is 12.8. The fourth-order valence-electron chi connectivity index (χ4n) is 2.51. The maximum atomic E-state index is 13.7. The zero-order chi connectivity index (χ0) is 18.0. The first-order chi connectivity index (χ1) is 11.3. The molecule has 0 aromatic carbocycles. The van der Waals surface area contributed by atoms with Gasteiger partial charge in [-0.2, -0.15) is 4.39 Å². The Bertz CT molecular complexity index is 584. The molecule has 5 atom stereocenters. The average Bonchev–Trinajstić information content (AvgIpc) is 2.56. The fraction of sp³-hybridized carbons (Fsp3) is 0.643. The van der Waals surface area contributed by atoms with Gasteiger partial charge >= 0.3 is 0 Å². The van der Waals surface area contributed by atoms with Crippen molar-refractivity contribution in [3.05, 3.63) is 22.8 Å². The SMILES string of the molecule is Cc1nc(F)c(CO)c(CO)c1O[C@@H]1O[C@H](CO)[C@H](O)[C@H](O)[C@H]1O. The highest BCUT2D eigenvalue weighted by atomic mass is 19.1. The number of rotatable bonds is 5. The summed E-state index contributed by atoms with van der Waals surface area (Å²) < 4.78 is 24.3. The topological polar surface area (TPSA) is 153 Å². The average molecular weight is 349 g/mol. The van der Waals surface area contributed by atoms with Gasteiger partial charge in [-0.1, -0.05) is 0 Å². The smallest absolute Gasteiger partial charge is 0.229 e. The molecule has 9 nitrogen and oxygen atoms in total. The maximum Gasteiger partial charge on any atom is 0.229 e. The van der Waals surface area contributed by atoms with Crippen LogP contribution in [0.4, 0.5) is 4.39 Å². The summed E-state index contributed by atoms with van der Waals surface area (Å²) in [6.45, 7) is -0.675. The molecule has 1 aromatic rings. The molecule has 2 rings (SSSR count). The molecule has 6 N–H and O–H groups in total. The van der Waals surface area contributed by atoms with E-state index in [2.05, 4.69) is 4.98 Å². The molecule has 0 spiro atoms. The Morgan fingerprint density at radius 1 is 1.04 bits per heavy atom. The molecule has 1 fully saturated rings. The minimum absolute atomic E-state index is 0.0192. The number of halogens is 1. The van der Waals surface area contributed by atoms with E-state index in [1.165, 1.54) is 6.92 Å². The van der Waals surface area contributed by atoms with Crippen LogP contribution in [-0.2, 0) is 18.0 Å². The molecule has 1 aliphatic heterocycles. The van der Waals surface area contributed by atoms with Gasteiger partial charge in [0, 0.05) is 11.1 Å². The number of aromatic nitrogens is 1. The van der Waals surface area contributed by atoms with E-state index in [1.807, 2.05) is 0 Å². The molecule has 136 valence electrons. The van der Waals surface area contributed by atoms with E-state index in [4.69, 9.17) is 14.6 Å². The number of hydrogen-bond donors (Lipinski definition) is 6. The summed E-state index contributed by atoms with van der Waals surface area (Å²) in [4.78, 5) is 3.56. The Labute approximate surface area is 136 Å². The summed E-state index contributed by atoms with van der Waals surface area (Å²) in [5.74, 6) is -1.10. The van der Waals surface area contributed by atoms with Crippen LogP contribution in [0, 0.1) is 12.9 Å². The minimum Gasteiger partial charge on any atom is -0.460 e. The molecular formula is C14H20FNO8. The van der Waals surface area contributed by atoms with Gasteiger partial charge in [0.15, 0.2) is 0 Å². The van der Waals surface area contributed by atoms with Gasteiger partial charge in [0.25, 0.3) is 0 Å². The molecular weight excluding hydrogens is 329 g/mol. The summed E-state index contributed by atoms with van der Waals surface area (Å²) in [6.07, 6.45) is -7.57. The van der Waals surface area contributed by atoms with Crippen molar-refractivity contribution in [2.75, 3.05) is 6.61 Å². The van der Waals surface area contributed by atoms with E-state index in [0.29, 0.717) is 0 Å². The molecule has 2 heterocycles. The third-order valence-electron chi connectivity index (χ3n) is 3.88. The van der Waals surface area contributed by atoms with Crippen LogP contribution in [0.25, 0.3) is 0 Å². The quantitative estimate of drug-likeness (QED) is 0.322. The molecule has 1 aliphatic rings. The summed E-state index contributed by atoms with van der Waals surface area (Å²) >= 11 is 0. The van der Waals surface area contributed by atoms with Crippen molar-refractivity contribution in [2.24, 2.45) is 0 Å². The summed E-state index contributed by atoms with van der Waals surface area (Å²) in [5.41, 5.74) is -0.340. The number of aliphatic hydroxyl groups is 6. The van der Waals surface area contributed by atoms with Gasteiger partial charge in [-0.3, -0.25) is 0 Å². The third kappa shape index (κ3) is 3.35. The molecule has 1 aromatic heterocycles. The van der Waals surface area contributed by atoms with Crippen LogP contribution in [0.15, 0.2) is 0 Å².